The SMILES string of the molecule is CCC(NCCN(C(C)C)C(C)C)c1cccc(Br)c1. The summed E-state index contributed by atoms with van der Waals surface area (Å²) >= 11 is 3.55. The summed E-state index contributed by atoms with van der Waals surface area (Å²) in [5.41, 5.74) is 1.36. The number of nitrogens with zero attached hydrogens (tertiary/aromatic N) is 1. The van der Waals surface area contributed by atoms with Gasteiger partial charge in [-0.15, -0.1) is 0 Å². The fourth-order valence-corrected chi connectivity index (χ4v) is 3.12. The zero-order chi connectivity index (χ0) is 15.1. The van der Waals surface area contributed by atoms with Gasteiger partial charge in [0, 0.05) is 35.7 Å². The van der Waals surface area contributed by atoms with Gasteiger partial charge in [-0.2, -0.15) is 0 Å². The van der Waals surface area contributed by atoms with Crippen molar-refractivity contribution in [3.63, 3.8) is 0 Å². The van der Waals surface area contributed by atoms with Crippen molar-refractivity contribution in [1.82, 2.24) is 10.2 Å². The van der Waals surface area contributed by atoms with Crippen molar-refractivity contribution in [3.05, 3.63) is 34.3 Å². The molecule has 1 unspecified atom stereocenters. The second kappa shape index (κ2) is 8.81. The molecular formula is C17H29BrN2. The minimum atomic E-state index is 0.439. The van der Waals surface area contributed by atoms with Crippen LogP contribution in [0.5, 0.6) is 0 Å². The average molecular weight is 341 g/mol. The molecule has 0 aliphatic heterocycles. The molecule has 3 heteroatoms. The summed E-state index contributed by atoms with van der Waals surface area (Å²) in [6.07, 6.45) is 1.11. The lowest BCUT2D eigenvalue weighted by Gasteiger charge is -2.31. The molecule has 20 heavy (non-hydrogen) atoms. The molecule has 1 N–H and O–H groups in total. The van der Waals surface area contributed by atoms with Gasteiger partial charge in [-0.1, -0.05) is 35.0 Å². The maximum absolute atomic E-state index is 3.69. The molecule has 0 aromatic heterocycles. The molecular weight excluding hydrogens is 312 g/mol. The van der Waals surface area contributed by atoms with Crippen LogP contribution in [-0.4, -0.2) is 30.1 Å². The molecule has 0 aliphatic rings. The van der Waals surface area contributed by atoms with E-state index in [1.165, 1.54) is 5.56 Å². The lowest BCUT2D eigenvalue weighted by molar-refractivity contribution is 0.173. The number of rotatable bonds is 8. The van der Waals surface area contributed by atoms with E-state index in [-0.39, 0.29) is 0 Å². The van der Waals surface area contributed by atoms with Crippen molar-refractivity contribution in [3.8, 4) is 0 Å². The third-order valence-electron chi connectivity index (χ3n) is 3.75. The number of benzene rings is 1. The van der Waals surface area contributed by atoms with Gasteiger partial charge >= 0.3 is 0 Å². The van der Waals surface area contributed by atoms with Gasteiger partial charge in [0.2, 0.25) is 0 Å². The van der Waals surface area contributed by atoms with Crippen LogP contribution in [0.2, 0.25) is 0 Å². The van der Waals surface area contributed by atoms with E-state index >= 15 is 0 Å². The predicted molar refractivity (Wildman–Crippen MR) is 92.2 cm³/mol. The molecule has 1 rings (SSSR count). The van der Waals surface area contributed by atoms with E-state index in [2.05, 4.69) is 85.0 Å². The first-order valence-electron chi connectivity index (χ1n) is 7.70. The van der Waals surface area contributed by atoms with Gasteiger partial charge in [-0.3, -0.25) is 4.90 Å². The second-order valence-corrected chi connectivity index (χ2v) is 6.81. The quantitative estimate of drug-likeness (QED) is 0.743. The molecule has 1 aromatic rings. The van der Waals surface area contributed by atoms with Crippen LogP contribution in [0.1, 0.15) is 52.6 Å². The van der Waals surface area contributed by atoms with Crippen molar-refractivity contribution < 1.29 is 0 Å². The second-order valence-electron chi connectivity index (χ2n) is 5.90. The maximum atomic E-state index is 3.69. The zero-order valence-electron chi connectivity index (χ0n) is 13.5. The molecule has 0 heterocycles. The summed E-state index contributed by atoms with van der Waals surface area (Å²) in [6.45, 7) is 13.4. The highest BCUT2D eigenvalue weighted by Crippen LogP contribution is 2.20. The van der Waals surface area contributed by atoms with Gasteiger partial charge in [0.05, 0.1) is 0 Å². The highest BCUT2D eigenvalue weighted by Gasteiger charge is 2.14. The molecule has 0 bridgehead atoms. The smallest absolute Gasteiger partial charge is 0.0318 e. The summed E-state index contributed by atoms with van der Waals surface area (Å²) in [5, 5.41) is 3.69. The van der Waals surface area contributed by atoms with Crippen molar-refractivity contribution in [2.45, 2.75) is 59.2 Å². The monoisotopic (exact) mass is 340 g/mol. The van der Waals surface area contributed by atoms with Gasteiger partial charge in [0.15, 0.2) is 0 Å². The van der Waals surface area contributed by atoms with Gasteiger partial charge < -0.3 is 5.32 Å². The molecule has 0 radical (unpaired) electrons. The average Bonchev–Trinajstić information content (AvgIpc) is 2.38. The van der Waals surface area contributed by atoms with E-state index in [9.17, 15) is 0 Å². The number of nitrogens with one attached hydrogen (secondary N) is 1. The third-order valence-corrected chi connectivity index (χ3v) is 4.24. The van der Waals surface area contributed by atoms with Crippen molar-refractivity contribution >= 4 is 15.9 Å². The van der Waals surface area contributed by atoms with Crippen LogP contribution in [0.3, 0.4) is 0 Å². The van der Waals surface area contributed by atoms with E-state index in [0.717, 1.165) is 24.0 Å². The molecule has 1 atom stereocenters. The minimum absolute atomic E-state index is 0.439. The molecule has 0 spiro atoms. The highest BCUT2D eigenvalue weighted by atomic mass is 79.9. The lowest BCUT2D eigenvalue weighted by atomic mass is 10.0. The van der Waals surface area contributed by atoms with Gasteiger partial charge in [0.25, 0.3) is 0 Å². The number of halogens is 1. The van der Waals surface area contributed by atoms with E-state index < -0.39 is 0 Å². The normalized spacial score (nSPS) is 13.4. The fraction of sp³-hybridized carbons (Fsp3) is 0.647. The topological polar surface area (TPSA) is 15.3 Å². The minimum Gasteiger partial charge on any atom is -0.309 e. The summed E-state index contributed by atoms with van der Waals surface area (Å²) < 4.78 is 1.15. The molecule has 1 aromatic carbocycles. The van der Waals surface area contributed by atoms with Crippen LogP contribution in [0.15, 0.2) is 28.7 Å². The Hall–Kier alpha value is -0.380. The third kappa shape index (κ3) is 5.55. The Balaban J connectivity index is 2.54. The molecule has 114 valence electrons. The Morgan fingerprint density at radius 2 is 1.80 bits per heavy atom. The molecule has 0 saturated heterocycles. The van der Waals surface area contributed by atoms with Crippen LogP contribution in [-0.2, 0) is 0 Å². The summed E-state index contributed by atoms with van der Waals surface area (Å²) in [7, 11) is 0. The van der Waals surface area contributed by atoms with Crippen LogP contribution in [0.25, 0.3) is 0 Å². The number of hydrogen-bond acceptors (Lipinski definition) is 2. The van der Waals surface area contributed by atoms with Crippen molar-refractivity contribution in [2.75, 3.05) is 13.1 Å². The standard InChI is InChI=1S/C17H29BrN2/c1-6-17(15-8-7-9-16(18)12-15)19-10-11-20(13(2)3)14(4)5/h7-9,12-14,17,19H,6,10-11H2,1-5H3. The van der Waals surface area contributed by atoms with Crippen LogP contribution in [0.4, 0.5) is 0 Å². The largest absolute Gasteiger partial charge is 0.309 e. The van der Waals surface area contributed by atoms with Crippen molar-refractivity contribution in [2.24, 2.45) is 0 Å². The molecule has 0 saturated carbocycles. The van der Waals surface area contributed by atoms with E-state index in [4.69, 9.17) is 0 Å². The van der Waals surface area contributed by atoms with Crippen LogP contribution >= 0.6 is 15.9 Å². The fourth-order valence-electron chi connectivity index (χ4n) is 2.70. The van der Waals surface area contributed by atoms with Gasteiger partial charge in [-0.25, -0.2) is 0 Å². The van der Waals surface area contributed by atoms with Crippen molar-refractivity contribution in [1.29, 1.82) is 0 Å². The molecule has 0 amide bonds. The maximum Gasteiger partial charge on any atom is 0.0318 e. The summed E-state index contributed by atoms with van der Waals surface area (Å²) in [5.74, 6) is 0. The van der Waals surface area contributed by atoms with E-state index in [1.807, 2.05) is 0 Å². The Morgan fingerprint density at radius 1 is 1.15 bits per heavy atom. The first-order chi connectivity index (χ1) is 9.45. The number of hydrogen-bond donors (Lipinski definition) is 1. The summed E-state index contributed by atoms with van der Waals surface area (Å²) in [6, 6.07) is 10.2. The molecule has 2 nitrogen and oxygen atoms in total. The highest BCUT2D eigenvalue weighted by molar-refractivity contribution is 9.10. The van der Waals surface area contributed by atoms with E-state index in [0.29, 0.717) is 18.1 Å². The van der Waals surface area contributed by atoms with Gasteiger partial charge in [-0.05, 0) is 51.8 Å². The lowest BCUT2D eigenvalue weighted by Crippen LogP contribution is -2.42. The van der Waals surface area contributed by atoms with Gasteiger partial charge in [0.1, 0.15) is 0 Å². The zero-order valence-corrected chi connectivity index (χ0v) is 15.1. The Morgan fingerprint density at radius 3 is 2.30 bits per heavy atom. The van der Waals surface area contributed by atoms with Crippen LogP contribution < -0.4 is 5.32 Å². The Labute approximate surface area is 133 Å². The first-order valence-corrected chi connectivity index (χ1v) is 8.49. The Kier molecular flexibility index (Phi) is 7.78. The first kappa shape index (κ1) is 17.7. The predicted octanol–water partition coefficient (Wildman–Crippen LogP) is 4.61. The summed E-state index contributed by atoms with van der Waals surface area (Å²) in [4.78, 5) is 2.53. The van der Waals surface area contributed by atoms with E-state index in [1.54, 1.807) is 0 Å². The molecule has 0 fully saturated rings. The molecule has 0 aliphatic carbocycles. The Bertz CT molecular complexity index is 382. The van der Waals surface area contributed by atoms with Crippen LogP contribution in [0, 0.1) is 0 Å².